The molecule has 0 spiro atoms. The highest BCUT2D eigenvalue weighted by Gasteiger charge is 2.30. The van der Waals surface area contributed by atoms with Crippen LogP contribution in [0.1, 0.15) is 18.1 Å². The van der Waals surface area contributed by atoms with Crippen molar-refractivity contribution in [2.24, 2.45) is 0 Å². The molecule has 0 unspecified atom stereocenters. The molecule has 162 valence electrons. The molecule has 9 heteroatoms. The topological polar surface area (TPSA) is 56.8 Å². The van der Waals surface area contributed by atoms with Crippen molar-refractivity contribution in [3.8, 4) is 5.75 Å². The molecule has 2 aromatic carbocycles. The highest BCUT2D eigenvalue weighted by Crippen LogP contribution is 2.36. The van der Waals surface area contributed by atoms with Crippen molar-refractivity contribution in [3.63, 3.8) is 0 Å². The van der Waals surface area contributed by atoms with Crippen molar-refractivity contribution in [1.82, 2.24) is 0 Å². The van der Waals surface area contributed by atoms with Crippen LogP contribution in [0.2, 0.25) is 5.02 Å². The summed E-state index contributed by atoms with van der Waals surface area (Å²) in [5, 5.41) is 2.89. The standard InChI is InChI=1S/C21H21ClF3NO4/c1-3-29-20(27)9-5-14-4-7-16(30-11-10-28-2)13-19(14)26-18-8-6-15(12-17(18)22)21(23,24)25/h4-9,12-13,26H,3,10-11H2,1-2H3. The molecule has 0 radical (unpaired) electrons. The van der Waals surface area contributed by atoms with Gasteiger partial charge in [0.25, 0.3) is 0 Å². The van der Waals surface area contributed by atoms with Gasteiger partial charge in [0.2, 0.25) is 0 Å². The molecule has 0 atom stereocenters. The van der Waals surface area contributed by atoms with Crippen LogP contribution in [-0.4, -0.2) is 32.9 Å². The maximum Gasteiger partial charge on any atom is 0.416 e. The van der Waals surface area contributed by atoms with Crippen LogP contribution in [0.3, 0.4) is 0 Å². The van der Waals surface area contributed by atoms with E-state index in [2.05, 4.69) is 5.32 Å². The molecular weight excluding hydrogens is 423 g/mol. The number of carbonyl (C=O) groups excluding carboxylic acids is 1. The predicted octanol–water partition coefficient (Wildman–Crippen LogP) is 5.70. The summed E-state index contributed by atoms with van der Waals surface area (Å²) >= 11 is 6.05. The number of nitrogens with one attached hydrogen (secondary N) is 1. The zero-order valence-corrected chi connectivity index (χ0v) is 17.1. The van der Waals surface area contributed by atoms with Gasteiger partial charge in [0.15, 0.2) is 0 Å². The van der Waals surface area contributed by atoms with Crippen LogP contribution in [0.4, 0.5) is 24.5 Å². The maximum atomic E-state index is 12.9. The first-order chi connectivity index (χ1) is 14.2. The van der Waals surface area contributed by atoms with Crippen LogP contribution >= 0.6 is 11.6 Å². The van der Waals surface area contributed by atoms with Crippen molar-refractivity contribution < 1.29 is 32.2 Å². The Bertz CT molecular complexity index is 900. The molecule has 0 bridgehead atoms. The third-order valence-electron chi connectivity index (χ3n) is 3.83. The number of carbonyl (C=O) groups is 1. The van der Waals surface area contributed by atoms with E-state index in [-0.39, 0.29) is 17.3 Å². The first-order valence-corrected chi connectivity index (χ1v) is 9.36. The van der Waals surface area contributed by atoms with Crippen LogP contribution in [0.25, 0.3) is 6.08 Å². The number of hydrogen-bond acceptors (Lipinski definition) is 5. The van der Waals surface area contributed by atoms with Gasteiger partial charge in [-0.1, -0.05) is 11.6 Å². The van der Waals surface area contributed by atoms with Crippen LogP contribution in [0, 0.1) is 0 Å². The number of ether oxygens (including phenoxy) is 3. The summed E-state index contributed by atoms with van der Waals surface area (Å²) in [5.74, 6) is -0.0118. The minimum atomic E-state index is -4.50. The van der Waals surface area contributed by atoms with Gasteiger partial charge in [-0.15, -0.1) is 0 Å². The molecule has 0 saturated heterocycles. The minimum absolute atomic E-state index is 0.101. The lowest BCUT2D eigenvalue weighted by Crippen LogP contribution is -2.06. The molecule has 0 saturated carbocycles. The molecule has 0 aliphatic rings. The van der Waals surface area contributed by atoms with E-state index in [1.54, 1.807) is 32.2 Å². The van der Waals surface area contributed by atoms with Gasteiger partial charge in [-0.3, -0.25) is 0 Å². The molecule has 30 heavy (non-hydrogen) atoms. The second-order valence-electron chi connectivity index (χ2n) is 5.99. The van der Waals surface area contributed by atoms with E-state index in [1.807, 2.05) is 0 Å². The summed E-state index contributed by atoms with van der Waals surface area (Å²) in [6.07, 6.45) is -1.72. The number of halogens is 4. The van der Waals surface area contributed by atoms with Crippen LogP contribution in [0.15, 0.2) is 42.5 Å². The van der Waals surface area contributed by atoms with E-state index in [1.165, 1.54) is 18.2 Å². The summed E-state index contributed by atoms with van der Waals surface area (Å²) in [4.78, 5) is 11.6. The number of hydrogen-bond donors (Lipinski definition) is 1. The second kappa shape index (κ2) is 10.9. The van der Waals surface area contributed by atoms with Crippen LogP contribution < -0.4 is 10.1 Å². The summed E-state index contributed by atoms with van der Waals surface area (Å²) in [7, 11) is 1.55. The summed E-state index contributed by atoms with van der Waals surface area (Å²) in [6.45, 7) is 2.63. The fourth-order valence-electron chi connectivity index (χ4n) is 2.41. The molecule has 0 aromatic heterocycles. The lowest BCUT2D eigenvalue weighted by molar-refractivity contribution is -0.138. The molecule has 2 rings (SSSR count). The van der Waals surface area contributed by atoms with Crippen molar-refractivity contribution in [2.75, 3.05) is 32.2 Å². The Morgan fingerprint density at radius 2 is 1.90 bits per heavy atom. The van der Waals surface area contributed by atoms with Gasteiger partial charge in [0.1, 0.15) is 12.4 Å². The van der Waals surface area contributed by atoms with Crippen molar-refractivity contribution in [3.05, 3.63) is 58.6 Å². The minimum Gasteiger partial charge on any atom is -0.491 e. The molecule has 0 heterocycles. The van der Waals surface area contributed by atoms with E-state index in [4.69, 9.17) is 25.8 Å². The smallest absolute Gasteiger partial charge is 0.416 e. The monoisotopic (exact) mass is 443 g/mol. The largest absolute Gasteiger partial charge is 0.491 e. The van der Waals surface area contributed by atoms with Crippen molar-refractivity contribution >= 4 is 35.0 Å². The molecule has 2 aromatic rings. The Morgan fingerprint density at radius 1 is 1.13 bits per heavy atom. The number of alkyl halides is 3. The highest BCUT2D eigenvalue weighted by atomic mass is 35.5. The van der Waals surface area contributed by atoms with Crippen molar-refractivity contribution in [1.29, 1.82) is 0 Å². The number of benzene rings is 2. The molecule has 1 N–H and O–H groups in total. The van der Waals surface area contributed by atoms with E-state index < -0.39 is 17.7 Å². The van der Waals surface area contributed by atoms with Gasteiger partial charge >= 0.3 is 12.1 Å². The predicted molar refractivity (Wildman–Crippen MR) is 109 cm³/mol. The van der Waals surface area contributed by atoms with Crippen LogP contribution in [-0.2, 0) is 20.4 Å². The van der Waals surface area contributed by atoms with Gasteiger partial charge < -0.3 is 19.5 Å². The third-order valence-corrected chi connectivity index (χ3v) is 4.14. The normalized spacial score (nSPS) is 11.5. The highest BCUT2D eigenvalue weighted by molar-refractivity contribution is 6.33. The number of anilines is 2. The quantitative estimate of drug-likeness (QED) is 0.306. The Kier molecular flexibility index (Phi) is 8.56. The van der Waals surface area contributed by atoms with Gasteiger partial charge in [-0.05, 0) is 48.9 Å². The molecule has 0 aliphatic carbocycles. The molecule has 0 fully saturated rings. The van der Waals surface area contributed by atoms with E-state index in [0.29, 0.717) is 30.2 Å². The average molecular weight is 444 g/mol. The fraction of sp³-hybridized carbons (Fsp3) is 0.286. The van der Waals surface area contributed by atoms with Gasteiger partial charge in [0.05, 0.1) is 29.5 Å². The summed E-state index contributed by atoms with van der Waals surface area (Å²) in [5.41, 5.74) is 0.479. The third kappa shape index (κ3) is 6.96. The molecular formula is C21H21ClF3NO4. The first kappa shape index (κ1) is 23.6. The van der Waals surface area contributed by atoms with Gasteiger partial charge in [0, 0.05) is 24.9 Å². The molecule has 0 amide bonds. The average Bonchev–Trinajstić information content (AvgIpc) is 2.68. The first-order valence-electron chi connectivity index (χ1n) is 8.99. The fourth-order valence-corrected chi connectivity index (χ4v) is 2.64. The van der Waals surface area contributed by atoms with Crippen LogP contribution in [0.5, 0.6) is 5.75 Å². The second-order valence-corrected chi connectivity index (χ2v) is 6.40. The Labute approximate surface area is 177 Å². The van der Waals surface area contributed by atoms with E-state index in [0.717, 1.165) is 12.1 Å². The van der Waals surface area contributed by atoms with E-state index in [9.17, 15) is 18.0 Å². The van der Waals surface area contributed by atoms with Gasteiger partial charge in [-0.2, -0.15) is 13.2 Å². The summed E-state index contributed by atoms with van der Waals surface area (Å²) in [6, 6.07) is 8.05. The number of esters is 1. The summed E-state index contributed by atoms with van der Waals surface area (Å²) < 4.78 is 54.0. The maximum absolute atomic E-state index is 12.9. The van der Waals surface area contributed by atoms with Gasteiger partial charge in [-0.25, -0.2) is 4.79 Å². The number of methoxy groups -OCH3 is 1. The zero-order valence-electron chi connectivity index (χ0n) is 16.4. The lowest BCUT2D eigenvalue weighted by Gasteiger charge is -2.15. The lowest BCUT2D eigenvalue weighted by atomic mass is 10.1. The SMILES string of the molecule is CCOC(=O)C=Cc1ccc(OCCOC)cc1Nc1ccc(C(F)(F)F)cc1Cl. The Balaban J connectivity index is 2.34. The molecule has 5 nitrogen and oxygen atoms in total. The van der Waals surface area contributed by atoms with E-state index >= 15 is 0 Å². The number of rotatable bonds is 9. The Hall–Kier alpha value is -2.71. The Morgan fingerprint density at radius 3 is 2.53 bits per heavy atom. The van der Waals surface area contributed by atoms with Crippen molar-refractivity contribution in [2.45, 2.75) is 13.1 Å². The molecule has 0 aliphatic heterocycles. The zero-order chi connectivity index (χ0) is 22.1.